The van der Waals surface area contributed by atoms with Crippen LogP contribution in [-0.4, -0.2) is 56.0 Å². The smallest absolute Gasteiger partial charge is 0.252 e. The molecule has 8 heteroatoms. The summed E-state index contributed by atoms with van der Waals surface area (Å²) in [5.74, 6) is -0.395. The van der Waals surface area contributed by atoms with Gasteiger partial charge in [0.1, 0.15) is 6.04 Å². The van der Waals surface area contributed by atoms with Crippen molar-refractivity contribution in [1.29, 1.82) is 0 Å². The predicted molar refractivity (Wildman–Crippen MR) is 105 cm³/mol. The number of nitrogens with one attached hydrogen (secondary N) is 2. The quantitative estimate of drug-likeness (QED) is 0.690. The molecule has 1 aliphatic heterocycles. The van der Waals surface area contributed by atoms with E-state index in [1.54, 1.807) is 19.1 Å². The summed E-state index contributed by atoms with van der Waals surface area (Å²) in [5, 5.41) is 5.67. The normalized spacial score (nSPS) is 16.6. The van der Waals surface area contributed by atoms with Gasteiger partial charge in [-0.3, -0.25) is 9.59 Å². The molecule has 0 spiro atoms. The molecular weight excluding hydrogens is 366 g/mol. The topological polar surface area (TPSA) is 95.6 Å². The predicted octanol–water partition coefficient (Wildman–Crippen LogP) is 1.15. The van der Waals surface area contributed by atoms with E-state index in [0.29, 0.717) is 25.2 Å². The summed E-state index contributed by atoms with van der Waals surface area (Å²) in [4.78, 5) is 25.1. The molecule has 0 saturated carbocycles. The largest absolute Gasteiger partial charge is 0.354 e. The molecule has 150 valence electrons. The van der Waals surface area contributed by atoms with Crippen LogP contribution in [0.2, 0.25) is 0 Å². The summed E-state index contributed by atoms with van der Waals surface area (Å²) < 4.78 is 24.9. The van der Waals surface area contributed by atoms with Gasteiger partial charge in [-0.05, 0) is 31.4 Å². The lowest BCUT2D eigenvalue weighted by molar-refractivity contribution is -0.124. The Morgan fingerprint density at radius 1 is 1.22 bits per heavy atom. The highest BCUT2D eigenvalue weighted by atomic mass is 32.2. The lowest BCUT2D eigenvalue weighted by Gasteiger charge is -2.38. The Morgan fingerprint density at radius 2 is 1.85 bits per heavy atom. The molecular formula is C19H29N3O4S. The van der Waals surface area contributed by atoms with Crippen molar-refractivity contribution in [2.75, 3.05) is 25.4 Å². The monoisotopic (exact) mass is 395 g/mol. The number of rotatable bonds is 8. The SMILES string of the molecule is CCS(=O)(=O)N1CC(CNC(=O)[C@@H](NC(=O)c2ccccc2C)C(C)C)C1. The summed E-state index contributed by atoms with van der Waals surface area (Å²) >= 11 is 0. The van der Waals surface area contributed by atoms with Crippen LogP contribution in [0, 0.1) is 18.8 Å². The van der Waals surface area contributed by atoms with E-state index in [1.165, 1.54) is 4.31 Å². The number of benzene rings is 1. The number of hydrogen-bond acceptors (Lipinski definition) is 4. The van der Waals surface area contributed by atoms with E-state index in [4.69, 9.17) is 0 Å². The summed E-state index contributed by atoms with van der Waals surface area (Å²) in [6.07, 6.45) is 0. The van der Waals surface area contributed by atoms with Gasteiger partial charge in [-0.1, -0.05) is 32.0 Å². The number of carbonyl (C=O) groups excluding carboxylic acids is 2. The van der Waals surface area contributed by atoms with Crippen LogP contribution in [0.4, 0.5) is 0 Å². The minimum absolute atomic E-state index is 0.0728. The summed E-state index contributed by atoms with van der Waals surface area (Å²) in [5.41, 5.74) is 1.40. The Labute approximate surface area is 161 Å². The van der Waals surface area contributed by atoms with Gasteiger partial charge in [-0.25, -0.2) is 12.7 Å². The molecule has 1 aliphatic rings. The molecule has 1 aromatic rings. The van der Waals surface area contributed by atoms with Crippen LogP contribution in [-0.2, 0) is 14.8 Å². The van der Waals surface area contributed by atoms with Gasteiger partial charge in [0, 0.05) is 31.1 Å². The number of nitrogens with zero attached hydrogens (tertiary/aromatic N) is 1. The van der Waals surface area contributed by atoms with Crippen molar-refractivity contribution in [3.63, 3.8) is 0 Å². The van der Waals surface area contributed by atoms with Crippen LogP contribution < -0.4 is 10.6 Å². The van der Waals surface area contributed by atoms with Crippen molar-refractivity contribution in [1.82, 2.24) is 14.9 Å². The molecule has 1 atom stereocenters. The number of amides is 2. The van der Waals surface area contributed by atoms with Crippen molar-refractivity contribution in [3.8, 4) is 0 Å². The highest BCUT2D eigenvalue weighted by molar-refractivity contribution is 7.89. The number of sulfonamides is 1. The molecule has 1 heterocycles. The highest BCUT2D eigenvalue weighted by Gasteiger charge is 2.35. The molecule has 0 bridgehead atoms. The number of carbonyl (C=O) groups is 2. The Bertz CT molecular complexity index is 786. The zero-order valence-corrected chi connectivity index (χ0v) is 17.2. The van der Waals surface area contributed by atoms with Crippen LogP contribution in [0.5, 0.6) is 0 Å². The summed E-state index contributed by atoms with van der Waals surface area (Å²) in [6, 6.07) is 6.59. The van der Waals surface area contributed by atoms with Crippen molar-refractivity contribution in [3.05, 3.63) is 35.4 Å². The zero-order valence-electron chi connectivity index (χ0n) is 16.4. The van der Waals surface area contributed by atoms with Crippen molar-refractivity contribution in [2.45, 2.75) is 33.7 Å². The molecule has 0 aromatic heterocycles. The third kappa shape index (κ3) is 5.29. The first kappa shape index (κ1) is 21.4. The number of hydrogen-bond donors (Lipinski definition) is 2. The molecule has 1 fully saturated rings. The first-order valence-corrected chi connectivity index (χ1v) is 10.9. The van der Waals surface area contributed by atoms with E-state index in [0.717, 1.165) is 5.56 Å². The average Bonchev–Trinajstić information content (AvgIpc) is 2.57. The Balaban J connectivity index is 1.89. The van der Waals surface area contributed by atoms with E-state index in [2.05, 4.69) is 10.6 Å². The van der Waals surface area contributed by atoms with E-state index < -0.39 is 16.1 Å². The van der Waals surface area contributed by atoms with Crippen LogP contribution >= 0.6 is 0 Å². The highest BCUT2D eigenvalue weighted by Crippen LogP contribution is 2.19. The second-order valence-corrected chi connectivity index (χ2v) is 9.60. The Kier molecular flexibility index (Phi) is 7.00. The standard InChI is InChI=1S/C19H29N3O4S/c1-5-27(25,26)22-11-15(12-22)10-20-19(24)17(13(2)3)21-18(23)16-9-7-6-8-14(16)4/h6-9,13,15,17H,5,10-12H2,1-4H3,(H,20,24)(H,21,23)/t17-/m0/s1. The van der Waals surface area contributed by atoms with E-state index in [9.17, 15) is 18.0 Å². The first-order chi connectivity index (χ1) is 12.7. The molecule has 2 N–H and O–H groups in total. The van der Waals surface area contributed by atoms with Crippen LogP contribution in [0.3, 0.4) is 0 Å². The van der Waals surface area contributed by atoms with Gasteiger partial charge in [0.05, 0.1) is 5.75 Å². The number of aryl methyl sites for hydroxylation is 1. The molecule has 0 unspecified atom stereocenters. The molecule has 7 nitrogen and oxygen atoms in total. The van der Waals surface area contributed by atoms with Gasteiger partial charge in [0.15, 0.2) is 0 Å². The summed E-state index contributed by atoms with van der Waals surface area (Å²) in [7, 11) is -3.15. The maximum atomic E-state index is 12.6. The maximum absolute atomic E-state index is 12.6. The summed E-state index contributed by atoms with van der Waals surface area (Å²) in [6.45, 7) is 8.48. The van der Waals surface area contributed by atoms with Crippen LogP contribution in [0.25, 0.3) is 0 Å². The zero-order chi connectivity index (χ0) is 20.2. The minimum atomic E-state index is -3.15. The van der Waals surface area contributed by atoms with Crippen molar-refractivity contribution >= 4 is 21.8 Å². The van der Waals surface area contributed by atoms with Crippen molar-refractivity contribution < 1.29 is 18.0 Å². The van der Waals surface area contributed by atoms with Gasteiger partial charge >= 0.3 is 0 Å². The molecule has 0 radical (unpaired) electrons. The molecule has 2 rings (SSSR count). The fraction of sp³-hybridized carbons (Fsp3) is 0.579. The molecule has 1 saturated heterocycles. The minimum Gasteiger partial charge on any atom is -0.354 e. The van der Waals surface area contributed by atoms with Crippen molar-refractivity contribution in [2.24, 2.45) is 11.8 Å². The average molecular weight is 396 g/mol. The van der Waals surface area contributed by atoms with E-state index in [1.807, 2.05) is 32.9 Å². The second kappa shape index (κ2) is 8.84. The van der Waals surface area contributed by atoms with Crippen LogP contribution in [0.1, 0.15) is 36.7 Å². The van der Waals surface area contributed by atoms with Gasteiger partial charge < -0.3 is 10.6 Å². The third-order valence-electron chi connectivity index (χ3n) is 4.87. The Hall–Kier alpha value is -1.93. The molecule has 27 heavy (non-hydrogen) atoms. The lowest BCUT2D eigenvalue weighted by atomic mass is 10.00. The molecule has 1 aromatic carbocycles. The van der Waals surface area contributed by atoms with Gasteiger partial charge in [0.25, 0.3) is 5.91 Å². The van der Waals surface area contributed by atoms with E-state index in [-0.39, 0.29) is 29.4 Å². The second-order valence-electron chi connectivity index (χ2n) is 7.34. The van der Waals surface area contributed by atoms with E-state index >= 15 is 0 Å². The maximum Gasteiger partial charge on any atom is 0.252 e. The molecule has 0 aliphatic carbocycles. The fourth-order valence-electron chi connectivity index (χ4n) is 3.00. The Morgan fingerprint density at radius 3 is 2.41 bits per heavy atom. The van der Waals surface area contributed by atoms with Gasteiger partial charge in [0.2, 0.25) is 15.9 Å². The van der Waals surface area contributed by atoms with Gasteiger partial charge in [-0.2, -0.15) is 0 Å². The van der Waals surface area contributed by atoms with Gasteiger partial charge in [-0.15, -0.1) is 0 Å². The van der Waals surface area contributed by atoms with Crippen LogP contribution in [0.15, 0.2) is 24.3 Å². The lowest BCUT2D eigenvalue weighted by Crippen LogP contribution is -2.56. The fourth-order valence-corrected chi connectivity index (χ4v) is 4.24. The molecule has 2 amide bonds. The third-order valence-corrected chi connectivity index (χ3v) is 6.69. The first-order valence-electron chi connectivity index (χ1n) is 9.27.